The summed E-state index contributed by atoms with van der Waals surface area (Å²) in [5.41, 5.74) is 3.85. The second-order valence-corrected chi connectivity index (χ2v) is 7.15. The summed E-state index contributed by atoms with van der Waals surface area (Å²) < 4.78 is 0. The lowest BCUT2D eigenvalue weighted by atomic mass is 10.1. The Labute approximate surface area is 155 Å². The second kappa shape index (κ2) is 5.92. The number of benzene rings is 1. The summed E-state index contributed by atoms with van der Waals surface area (Å²) >= 11 is 5.96. The van der Waals surface area contributed by atoms with Gasteiger partial charge in [0.2, 0.25) is 0 Å². The molecule has 1 fully saturated rings. The topological polar surface area (TPSA) is 79.4 Å². The van der Waals surface area contributed by atoms with Gasteiger partial charge in [-0.1, -0.05) is 17.7 Å². The molecule has 1 aliphatic rings. The van der Waals surface area contributed by atoms with Gasteiger partial charge in [0.25, 0.3) is 0 Å². The number of halogens is 1. The number of hydrogen-bond donors (Lipinski definition) is 2. The molecule has 26 heavy (non-hydrogen) atoms. The van der Waals surface area contributed by atoms with E-state index in [1.54, 1.807) is 6.07 Å². The second-order valence-electron chi connectivity index (χ2n) is 6.77. The van der Waals surface area contributed by atoms with Crippen molar-refractivity contribution in [2.24, 2.45) is 0 Å². The molecule has 0 bridgehead atoms. The van der Waals surface area contributed by atoms with Crippen molar-refractivity contribution in [1.29, 1.82) is 0 Å². The Morgan fingerprint density at radius 3 is 2.88 bits per heavy atom. The number of aromatic nitrogens is 5. The van der Waals surface area contributed by atoms with Gasteiger partial charge >= 0.3 is 0 Å². The number of nitrogens with zero attached hydrogens (tertiary/aromatic N) is 4. The zero-order chi connectivity index (χ0) is 17.7. The quantitative estimate of drug-likeness (QED) is 0.517. The van der Waals surface area contributed by atoms with Gasteiger partial charge in [-0.15, -0.1) is 0 Å². The third-order valence-corrected chi connectivity index (χ3v) is 5.02. The van der Waals surface area contributed by atoms with E-state index in [0.717, 1.165) is 33.6 Å². The van der Waals surface area contributed by atoms with Crippen LogP contribution in [0, 0.1) is 0 Å². The Bertz CT molecular complexity index is 1120. The number of H-pyrrole nitrogens is 1. The minimum Gasteiger partial charge on any atom is -0.363 e. The molecule has 1 unspecified atom stereocenters. The lowest BCUT2D eigenvalue weighted by Gasteiger charge is -2.16. The molecule has 0 saturated heterocycles. The third-order valence-electron chi connectivity index (χ3n) is 4.80. The van der Waals surface area contributed by atoms with E-state index >= 15 is 0 Å². The fourth-order valence-corrected chi connectivity index (χ4v) is 3.33. The first-order valence-corrected chi connectivity index (χ1v) is 9.08. The standard InChI is InChI=1S/C19H17ClN6/c1-10(23-18-13-5-7-16(20)26-19(13)22-9-21-18)12-4-6-14-15(8-12)25-17(24-14)11-2-3-11/h4-11H,2-3H2,1H3,(H,24,25)(H,21,22,23,26). The van der Waals surface area contributed by atoms with Crippen LogP contribution in [-0.2, 0) is 0 Å². The molecule has 0 aliphatic heterocycles. The predicted octanol–water partition coefficient (Wildman–Crippen LogP) is 4.61. The minimum atomic E-state index is 0.0702. The molecule has 3 aromatic heterocycles. The van der Waals surface area contributed by atoms with Crippen LogP contribution in [0.25, 0.3) is 22.1 Å². The molecule has 6 nitrogen and oxygen atoms in total. The van der Waals surface area contributed by atoms with Gasteiger partial charge in [0, 0.05) is 5.92 Å². The summed E-state index contributed by atoms with van der Waals surface area (Å²) in [5.74, 6) is 2.48. The van der Waals surface area contributed by atoms with E-state index in [1.165, 1.54) is 19.2 Å². The normalized spacial score (nSPS) is 15.5. The van der Waals surface area contributed by atoms with Crippen LogP contribution in [0.4, 0.5) is 5.82 Å². The maximum absolute atomic E-state index is 5.96. The van der Waals surface area contributed by atoms with Gasteiger partial charge in [-0.2, -0.15) is 0 Å². The van der Waals surface area contributed by atoms with Gasteiger partial charge in [0.15, 0.2) is 5.65 Å². The SMILES string of the molecule is CC(Nc1ncnc2nc(Cl)ccc12)c1ccc2nc(C3CC3)[nH]c2c1. The van der Waals surface area contributed by atoms with Crippen LogP contribution < -0.4 is 5.32 Å². The number of aromatic amines is 1. The Balaban J connectivity index is 1.46. The zero-order valence-electron chi connectivity index (χ0n) is 14.2. The molecule has 3 heterocycles. The molecule has 5 rings (SSSR count). The van der Waals surface area contributed by atoms with Crippen LogP contribution in [0.2, 0.25) is 5.15 Å². The summed E-state index contributed by atoms with van der Waals surface area (Å²) in [6.07, 6.45) is 3.98. The fraction of sp³-hybridized carbons (Fsp3) is 0.263. The highest BCUT2D eigenvalue weighted by Crippen LogP contribution is 2.39. The zero-order valence-corrected chi connectivity index (χ0v) is 15.0. The molecule has 0 amide bonds. The van der Waals surface area contributed by atoms with Crippen LogP contribution in [0.3, 0.4) is 0 Å². The lowest BCUT2D eigenvalue weighted by Crippen LogP contribution is -2.08. The summed E-state index contributed by atoms with van der Waals surface area (Å²) in [6.45, 7) is 2.11. The molecule has 1 aromatic carbocycles. The van der Waals surface area contributed by atoms with Gasteiger partial charge in [0.05, 0.1) is 22.5 Å². The van der Waals surface area contributed by atoms with Crippen molar-refractivity contribution in [3.8, 4) is 0 Å². The van der Waals surface area contributed by atoms with Crippen LogP contribution in [-0.4, -0.2) is 24.9 Å². The Kier molecular flexibility index (Phi) is 3.53. The first-order valence-electron chi connectivity index (χ1n) is 8.71. The Morgan fingerprint density at radius 2 is 2.04 bits per heavy atom. The number of pyridine rings is 1. The molecule has 0 radical (unpaired) electrons. The van der Waals surface area contributed by atoms with Crippen molar-refractivity contribution in [2.45, 2.75) is 31.7 Å². The maximum Gasteiger partial charge on any atom is 0.166 e. The summed E-state index contributed by atoms with van der Waals surface area (Å²) in [7, 11) is 0. The van der Waals surface area contributed by atoms with Gasteiger partial charge in [0.1, 0.15) is 23.1 Å². The van der Waals surface area contributed by atoms with Gasteiger partial charge in [-0.05, 0) is 49.6 Å². The van der Waals surface area contributed by atoms with E-state index < -0.39 is 0 Å². The van der Waals surface area contributed by atoms with Crippen LogP contribution in [0.5, 0.6) is 0 Å². The minimum absolute atomic E-state index is 0.0702. The molecule has 0 spiro atoms. The molecule has 1 aliphatic carbocycles. The first kappa shape index (κ1) is 15.5. The van der Waals surface area contributed by atoms with Gasteiger partial charge in [-0.25, -0.2) is 19.9 Å². The Hall–Kier alpha value is -2.73. The van der Waals surface area contributed by atoms with Crippen molar-refractivity contribution in [2.75, 3.05) is 5.32 Å². The molecule has 130 valence electrons. The summed E-state index contributed by atoms with van der Waals surface area (Å²) in [4.78, 5) is 21.0. The summed E-state index contributed by atoms with van der Waals surface area (Å²) in [6, 6.07) is 10.0. The third kappa shape index (κ3) is 2.76. The summed E-state index contributed by atoms with van der Waals surface area (Å²) in [5, 5.41) is 4.73. The van der Waals surface area contributed by atoms with Crippen molar-refractivity contribution < 1.29 is 0 Å². The van der Waals surface area contributed by atoms with E-state index in [-0.39, 0.29) is 6.04 Å². The molecule has 1 saturated carbocycles. The molecule has 1 atom stereocenters. The van der Waals surface area contributed by atoms with E-state index in [4.69, 9.17) is 16.6 Å². The smallest absolute Gasteiger partial charge is 0.166 e. The molecule has 7 heteroatoms. The molecular weight excluding hydrogens is 348 g/mol. The molecular formula is C19H17ClN6. The Morgan fingerprint density at radius 1 is 1.15 bits per heavy atom. The van der Waals surface area contributed by atoms with E-state index in [1.807, 2.05) is 6.07 Å². The number of imidazole rings is 1. The number of anilines is 1. The highest BCUT2D eigenvalue weighted by atomic mass is 35.5. The van der Waals surface area contributed by atoms with Crippen LogP contribution in [0.15, 0.2) is 36.7 Å². The maximum atomic E-state index is 5.96. The predicted molar refractivity (Wildman–Crippen MR) is 102 cm³/mol. The average Bonchev–Trinajstić information content (AvgIpc) is 3.40. The fourth-order valence-electron chi connectivity index (χ4n) is 3.19. The van der Waals surface area contributed by atoms with Crippen molar-refractivity contribution >= 4 is 39.5 Å². The van der Waals surface area contributed by atoms with Crippen LogP contribution >= 0.6 is 11.6 Å². The van der Waals surface area contributed by atoms with Crippen molar-refractivity contribution in [3.63, 3.8) is 0 Å². The number of rotatable bonds is 4. The van der Waals surface area contributed by atoms with Gasteiger partial charge in [-0.3, -0.25) is 0 Å². The highest BCUT2D eigenvalue weighted by Gasteiger charge is 2.26. The van der Waals surface area contributed by atoms with Crippen LogP contribution in [0.1, 0.15) is 43.1 Å². The molecule has 4 aromatic rings. The highest BCUT2D eigenvalue weighted by molar-refractivity contribution is 6.29. The van der Waals surface area contributed by atoms with E-state index in [0.29, 0.717) is 16.7 Å². The van der Waals surface area contributed by atoms with E-state index in [2.05, 4.69) is 50.4 Å². The first-order chi connectivity index (χ1) is 12.7. The molecule has 2 N–H and O–H groups in total. The van der Waals surface area contributed by atoms with E-state index in [9.17, 15) is 0 Å². The number of hydrogen-bond acceptors (Lipinski definition) is 5. The largest absolute Gasteiger partial charge is 0.363 e. The lowest BCUT2D eigenvalue weighted by molar-refractivity contribution is 0.877. The number of nitrogens with one attached hydrogen (secondary N) is 2. The monoisotopic (exact) mass is 364 g/mol. The van der Waals surface area contributed by atoms with Gasteiger partial charge < -0.3 is 10.3 Å². The van der Waals surface area contributed by atoms with Crippen molar-refractivity contribution in [1.82, 2.24) is 24.9 Å². The number of fused-ring (bicyclic) bond motifs is 2. The van der Waals surface area contributed by atoms with Crippen molar-refractivity contribution in [3.05, 3.63) is 53.2 Å². The average molecular weight is 365 g/mol.